The van der Waals surface area contributed by atoms with E-state index >= 15 is 0 Å². The van der Waals surface area contributed by atoms with Crippen molar-refractivity contribution in [1.29, 1.82) is 5.26 Å². The van der Waals surface area contributed by atoms with Gasteiger partial charge in [-0.2, -0.15) is 5.26 Å². The van der Waals surface area contributed by atoms with Crippen molar-refractivity contribution in [2.24, 2.45) is 0 Å². The number of amides is 1. The van der Waals surface area contributed by atoms with Gasteiger partial charge in [-0.15, -0.1) is 11.3 Å². The summed E-state index contributed by atoms with van der Waals surface area (Å²) in [5.41, 5.74) is 1.56. The molecule has 128 valence electrons. The molecule has 0 spiro atoms. The SMILES string of the molecule is N#Cc1c(NC(=O)COC(=O)c2cccc(F)c2)sc2c1CCCC2. The molecule has 1 aromatic heterocycles. The van der Waals surface area contributed by atoms with Crippen molar-refractivity contribution in [3.8, 4) is 6.07 Å². The van der Waals surface area contributed by atoms with Crippen LogP contribution in [0.2, 0.25) is 0 Å². The van der Waals surface area contributed by atoms with E-state index in [1.807, 2.05) is 0 Å². The summed E-state index contributed by atoms with van der Waals surface area (Å²) in [5.74, 6) is -1.86. The number of carbonyl (C=O) groups is 2. The van der Waals surface area contributed by atoms with Crippen LogP contribution in [-0.2, 0) is 22.4 Å². The molecule has 25 heavy (non-hydrogen) atoms. The standard InChI is InChI=1S/C18H15FN2O3S/c19-12-5-3-4-11(8-12)18(23)24-10-16(22)21-17-14(9-20)13-6-1-2-7-15(13)25-17/h3-5,8H,1-2,6-7,10H2,(H,21,22). The number of ether oxygens (including phenoxy) is 1. The summed E-state index contributed by atoms with van der Waals surface area (Å²) in [6.45, 7) is -0.497. The Kier molecular flexibility index (Phi) is 5.10. The highest BCUT2D eigenvalue weighted by atomic mass is 32.1. The third kappa shape index (κ3) is 3.86. The van der Waals surface area contributed by atoms with E-state index in [9.17, 15) is 19.2 Å². The van der Waals surface area contributed by atoms with Gasteiger partial charge in [0, 0.05) is 4.88 Å². The number of nitrogens with one attached hydrogen (secondary N) is 1. The molecule has 0 radical (unpaired) electrons. The molecule has 0 bridgehead atoms. The third-order valence-corrected chi connectivity index (χ3v) is 5.14. The van der Waals surface area contributed by atoms with Crippen molar-refractivity contribution < 1.29 is 18.7 Å². The van der Waals surface area contributed by atoms with E-state index in [1.54, 1.807) is 0 Å². The van der Waals surface area contributed by atoms with E-state index in [4.69, 9.17) is 4.74 Å². The van der Waals surface area contributed by atoms with Gasteiger partial charge in [-0.05, 0) is 49.4 Å². The summed E-state index contributed by atoms with van der Waals surface area (Å²) in [5, 5.41) is 12.5. The molecule has 3 rings (SSSR count). The lowest BCUT2D eigenvalue weighted by Crippen LogP contribution is -2.21. The quantitative estimate of drug-likeness (QED) is 0.849. The van der Waals surface area contributed by atoms with Gasteiger partial charge in [0.05, 0.1) is 11.1 Å². The smallest absolute Gasteiger partial charge is 0.338 e. The molecule has 2 aromatic rings. The Morgan fingerprint density at radius 3 is 2.88 bits per heavy atom. The van der Waals surface area contributed by atoms with Crippen molar-refractivity contribution in [1.82, 2.24) is 0 Å². The fraction of sp³-hybridized carbons (Fsp3) is 0.278. The molecule has 0 saturated carbocycles. The molecule has 0 atom stereocenters. The number of nitrogens with zero attached hydrogens (tertiary/aromatic N) is 1. The van der Waals surface area contributed by atoms with Crippen LogP contribution in [0.3, 0.4) is 0 Å². The maximum absolute atomic E-state index is 13.1. The first-order valence-corrected chi connectivity index (χ1v) is 8.67. The summed E-state index contributed by atoms with van der Waals surface area (Å²) in [4.78, 5) is 25.0. The van der Waals surface area contributed by atoms with Gasteiger partial charge in [-0.25, -0.2) is 9.18 Å². The molecule has 0 aliphatic heterocycles. The van der Waals surface area contributed by atoms with Crippen molar-refractivity contribution in [2.75, 3.05) is 11.9 Å². The van der Waals surface area contributed by atoms with Crippen molar-refractivity contribution in [3.63, 3.8) is 0 Å². The molecule has 1 aliphatic rings. The number of hydrogen-bond donors (Lipinski definition) is 1. The lowest BCUT2D eigenvalue weighted by Gasteiger charge is -2.09. The monoisotopic (exact) mass is 358 g/mol. The number of aryl methyl sites for hydroxylation is 1. The molecule has 1 aliphatic carbocycles. The van der Waals surface area contributed by atoms with E-state index in [2.05, 4.69) is 11.4 Å². The Morgan fingerprint density at radius 1 is 1.32 bits per heavy atom. The average Bonchev–Trinajstić information content (AvgIpc) is 2.96. The van der Waals surface area contributed by atoms with E-state index in [0.717, 1.165) is 42.2 Å². The highest BCUT2D eigenvalue weighted by molar-refractivity contribution is 7.16. The number of fused-ring (bicyclic) bond motifs is 1. The summed E-state index contributed by atoms with van der Waals surface area (Å²) in [6.07, 6.45) is 3.88. The highest BCUT2D eigenvalue weighted by Crippen LogP contribution is 2.37. The van der Waals surface area contributed by atoms with Crippen LogP contribution in [0, 0.1) is 17.1 Å². The second kappa shape index (κ2) is 7.45. The molecule has 1 aromatic carbocycles. The minimum Gasteiger partial charge on any atom is -0.452 e. The predicted octanol–water partition coefficient (Wildman–Crippen LogP) is 3.43. The third-order valence-electron chi connectivity index (χ3n) is 3.93. The van der Waals surface area contributed by atoms with Crippen LogP contribution in [0.1, 0.15) is 39.2 Å². The summed E-state index contributed by atoms with van der Waals surface area (Å²) in [7, 11) is 0. The van der Waals surface area contributed by atoms with Crippen LogP contribution in [0.15, 0.2) is 24.3 Å². The van der Waals surface area contributed by atoms with E-state index in [0.29, 0.717) is 10.6 Å². The number of halogens is 1. The number of hydrogen-bond acceptors (Lipinski definition) is 5. The fourth-order valence-electron chi connectivity index (χ4n) is 2.76. The Balaban J connectivity index is 1.63. The molecule has 7 heteroatoms. The van der Waals surface area contributed by atoms with Gasteiger partial charge in [-0.3, -0.25) is 4.79 Å². The van der Waals surface area contributed by atoms with Crippen LogP contribution in [0.4, 0.5) is 9.39 Å². The van der Waals surface area contributed by atoms with Crippen LogP contribution in [0.5, 0.6) is 0 Å². The summed E-state index contributed by atoms with van der Waals surface area (Å²) in [6, 6.07) is 7.21. The first-order valence-electron chi connectivity index (χ1n) is 7.85. The molecule has 1 N–H and O–H groups in total. The Morgan fingerprint density at radius 2 is 2.12 bits per heavy atom. The number of esters is 1. The number of benzene rings is 1. The second-order valence-electron chi connectivity index (χ2n) is 5.66. The van der Waals surface area contributed by atoms with Crippen LogP contribution in [-0.4, -0.2) is 18.5 Å². The zero-order valence-electron chi connectivity index (χ0n) is 13.3. The van der Waals surface area contributed by atoms with Gasteiger partial charge in [0.2, 0.25) is 0 Å². The molecule has 0 saturated heterocycles. The first kappa shape index (κ1) is 17.1. The zero-order valence-corrected chi connectivity index (χ0v) is 14.1. The molecular weight excluding hydrogens is 343 g/mol. The molecule has 1 amide bonds. The van der Waals surface area contributed by atoms with Crippen LogP contribution < -0.4 is 5.32 Å². The predicted molar refractivity (Wildman–Crippen MR) is 91.0 cm³/mol. The Bertz CT molecular complexity index is 870. The van der Waals surface area contributed by atoms with Crippen LogP contribution >= 0.6 is 11.3 Å². The Labute approximate surface area is 148 Å². The van der Waals surface area contributed by atoms with E-state index in [1.165, 1.54) is 29.5 Å². The lowest BCUT2D eigenvalue weighted by molar-refractivity contribution is -0.119. The average molecular weight is 358 g/mol. The van der Waals surface area contributed by atoms with E-state index < -0.39 is 24.3 Å². The maximum Gasteiger partial charge on any atom is 0.338 e. The zero-order chi connectivity index (χ0) is 17.8. The number of nitriles is 1. The van der Waals surface area contributed by atoms with Gasteiger partial charge >= 0.3 is 5.97 Å². The number of thiophene rings is 1. The van der Waals surface area contributed by atoms with Gasteiger partial charge in [0.1, 0.15) is 16.9 Å². The van der Waals surface area contributed by atoms with Crippen LogP contribution in [0.25, 0.3) is 0 Å². The molecule has 0 fully saturated rings. The fourth-order valence-corrected chi connectivity index (χ4v) is 4.02. The molecule has 1 heterocycles. The topological polar surface area (TPSA) is 79.2 Å². The summed E-state index contributed by atoms with van der Waals surface area (Å²) < 4.78 is 18.0. The molecule has 5 nitrogen and oxygen atoms in total. The summed E-state index contributed by atoms with van der Waals surface area (Å²) >= 11 is 1.40. The lowest BCUT2D eigenvalue weighted by atomic mass is 9.96. The van der Waals surface area contributed by atoms with Gasteiger partial charge in [-0.1, -0.05) is 6.07 Å². The van der Waals surface area contributed by atoms with Crippen molar-refractivity contribution in [3.05, 3.63) is 51.7 Å². The van der Waals surface area contributed by atoms with Crippen molar-refractivity contribution in [2.45, 2.75) is 25.7 Å². The first-order chi connectivity index (χ1) is 12.1. The van der Waals surface area contributed by atoms with Crippen molar-refractivity contribution >= 4 is 28.2 Å². The minimum atomic E-state index is -0.777. The van der Waals surface area contributed by atoms with E-state index in [-0.39, 0.29) is 5.56 Å². The normalized spacial score (nSPS) is 12.8. The number of carbonyl (C=O) groups excluding carboxylic acids is 2. The largest absolute Gasteiger partial charge is 0.452 e. The van der Waals surface area contributed by atoms with Gasteiger partial charge < -0.3 is 10.1 Å². The number of rotatable bonds is 4. The van der Waals surface area contributed by atoms with Gasteiger partial charge in [0.25, 0.3) is 5.91 Å². The Hall–Kier alpha value is -2.72. The number of anilines is 1. The van der Waals surface area contributed by atoms with Gasteiger partial charge in [0.15, 0.2) is 6.61 Å². The maximum atomic E-state index is 13.1. The molecule has 0 unspecified atom stereocenters. The highest BCUT2D eigenvalue weighted by Gasteiger charge is 2.22. The minimum absolute atomic E-state index is 0.0390. The second-order valence-corrected chi connectivity index (χ2v) is 6.77. The molecular formula is C18H15FN2O3S.